The number of benzene rings is 1. The van der Waals surface area contributed by atoms with Crippen molar-refractivity contribution < 1.29 is 4.39 Å². The first-order chi connectivity index (χ1) is 8.86. The van der Waals surface area contributed by atoms with Gasteiger partial charge in [-0.3, -0.25) is 0 Å². The number of aromatic nitrogens is 2. The molecule has 4 heteroatoms. The number of rotatable bonds is 2. The summed E-state index contributed by atoms with van der Waals surface area (Å²) in [6.45, 7) is 2.04. The predicted molar refractivity (Wildman–Crippen MR) is 68.4 cm³/mol. The van der Waals surface area contributed by atoms with E-state index < -0.39 is 0 Å². The fourth-order valence-electron chi connectivity index (χ4n) is 2.57. The number of nitrogens with zero attached hydrogens (tertiary/aromatic N) is 2. The van der Waals surface area contributed by atoms with E-state index in [4.69, 9.17) is 0 Å². The summed E-state index contributed by atoms with van der Waals surface area (Å²) in [5, 5.41) is 3.34. The third-order valence-corrected chi connectivity index (χ3v) is 3.54. The minimum atomic E-state index is -0.203. The number of nitrogens with one attached hydrogen (secondary N) is 1. The highest BCUT2D eigenvalue weighted by molar-refractivity contribution is 5.36. The predicted octanol–water partition coefficient (Wildman–Crippen LogP) is 2.48. The van der Waals surface area contributed by atoms with Crippen molar-refractivity contribution in [2.75, 3.05) is 13.1 Å². The molecular formula is C14H16FN3. The summed E-state index contributed by atoms with van der Waals surface area (Å²) in [5.74, 6) is 0.263. The Morgan fingerprint density at radius 1 is 1.22 bits per heavy atom. The largest absolute Gasteiger partial charge is 0.317 e. The van der Waals surface area contributed by atoms with Crippen molar-refractivity contribution in [2.24, 2.45) is 0 Å². The average Bonchev–Trinajstić information content (AvgIpc) is 2.89. The molecule has 0 amide bonds. The first-order valence-electron chi connectivity index (χ1n) is 6.34. The van der Waals surface area contributed by atoms with Crippen LogP contribution >= 0.6 is 0 Å². The molecule has 0 atom stereocenters. The lowest BCUT2D eigenvalue weighted by Gasteiger charge is -2.23. The van der Waals surface area contributed by atoms with Gasteiger partial charge < -0.3 is 9.88 Å². The lowest BCUT2D eigenvalue weighted by atomic mass is 9.95. The molecule has 0 unspecified atom stereocenters. The van der Waals surface area contributed by atoms with Gasteiger partial charge in [-0.25, -0.2) is 9.37 Å². The van der Waals surface area contributed by atoms with E-state index in [1.165, 1.54) is 6.07 Å². The number of imidazole rings is 1. The third kappa shape index (κ3) is 2.04. The smallest absolute Gasteiger partial charge is 0.147 e. The van der Waals surface area contributed by atoms with Gasteiger partial charge in [0.2, 0.25) is 0 Å². The molecule has 1 fully saturated rings. The number of piperidine rings is 1. The molecule has 1 aliphatic heterocycles. The second-order valence-electron chi connectivity index (χ2n) is 4.66. The molecule has 0 spiro atoms. The molecule has 0 saturated carbocycles. The summed E-state index contributed by atoms with van der Waals surface area (Å²) in [7, 11) is 0. The zero-order valence-electron chi connectivity index (χ0n) is 10.1. The van der Waals surface area contributed by atoms with E-state index in [-0.39, 0.29) is 5.82 Å². The Bertz CT molecular complexity index is 529. The Balaban J connectivity index is 1.98. The van der Waals surface area contributed by atoms with Crippen LogP contribution in [0.3, 0.4) is 0 Å². The van der Waals surface area contributed by atoms with Crippen molar-refractivity contribution in [3.63, 3.8) is 0 Å². The summed E-state index contributed by atoms with van der Waals surface area (Å²) >= 11 is 0. The Morgan fingerprint density at radius 2 is 2.00 bits per heavy atom. The standard InChI is InChI=1S/C14H16FN3/c15-12-3-1-2-4-13(12)18-10-17-9-14(18)11-5-7-16-8-6-11/h1-4,9-11,16H,5-8H2. The molecule has 1 N–H and O–H groups in total. The summed E-state index contributed by atoms with van der Waals surface area (Å²) < 4.78 is 15.7. The summed E-state index contributed by atoms with van der Waals surface area (Å²) in [4.78, 5) is 4.19. The molecule has 2 aromatic rings. The van der Waals surface area contributed by atoms with Crippen molar-refractivity contribution in [1.29, 1.82) is 0 Å². The minimum Gasteiger partial charge on any atom is -0.317 e. The first kappa shape index (κ1) is 11.4. The quantitative estimate of drug-likeness (QED) is 0.881. The molecule has 3 nitrogen and oxygen atoms in total. The fraction of sp³-hybridized carbons (Fsp3) is 0.357. The highest BCUT2D eigenvalue weighted by Crippen LogP contribution is 2.27. The van der Waals surface area contributed by atoms with Gasteiger partial charge >= 0.3 is 0 Å². The summed E-state index contributed by atoms with van der Waals surface area (Å²) in [5.41, 5.74) is 1.70. The lowest BCUT2D eigenvalue weighted by Crippen LogP contribution is -2.27. The zero-order valence-corrected chi connectivity index (χ0v) is 10.1. The van der Waals surface area contributed by atoms with Gasteiger partial charge in [0.05, 0.1) is 12.0 Å². The van der Waals surface area contributed by atoms with E-state index in [0.717, 1.165) is 31.6 Å². The number of hydrogen-bond donors (Lipinski definition) is 1. The van der Waals surface area contributed by atoms with Crippen LogP contribution < -0.4 is 5.32 Å². The van der Waals surface area contributed by atoms with Crippen LogP contribution in [-0.2, 0) is 0 Å². The van der Waals surface area contributed by atoms with Gasteiger partial charge in [-0.05, 0) is 38.1 Å². The van der Waals surface area contributed by atoms with Crippen LogP contribution in [0.1, 0.15) is 24.5 Å². The van der Waals surface area contributed by atoms with Crippen LogP contribution in [0.2, 0.25) is 0 Å². The van der Waals surface area contributed by atoms with Crippen LogP contribution in [0, 0.1) is 5.82 Å². The molecular weight excluding hydrogens is 229 g/mol. The molecule has 1 aliphatic rings. The number of halogens is 1. The van der Waals surface area contributed by atoms with Crippen LogP contribution in [-0.4, -0.2) is 22.6 Å². The second kappa shape index (κ2) is 4.90. The number of para-hydroxylation sites is 1. The van der Waals surface area contributed by atoms with Gasteiger partial charge in [-0.1, -0.05) is 12.1 Å². The Kier molecular flexibility index (Phi) is 3.11. The van der Waals surface area contributed by atoms with E-state index >= 15 is 0 Å². The molecule has 3 rings (SSSR count). The highest BCUT2D eigenvalue weighted by atomic mass is 19.1. The van der Waals surface area contributed by atoms with Crippen LogP contribution in [0.4, 0.5) is 4.39 Å². The Labute approximate surface area is 106 Å². The maximum absolute atomic E-state index is 13.8. The molecule has 1 saturated heterocycles. The van der Waals surface area contributed by atoms with Gasteiger partial charge in [0.15, 0.2) is 0 Å². The van der Waals surface area contributed by atoms with Crippen molar-refractivity contribution in [3.05, 3.63) is 48.3 Å². The fourth-order valence-corrected chi connectivity index (χ4v) is 2.57. The van der Waals surface area contributed by atoms with Crippen LogP contribution in [0.5, 0.6) is 0 Å². The Morgan fingerprint density at radius 3 is 2.78 bits per heavy atom. The van der Waals surface area contributed by atoms with Gasteiger partial charge in [-0.2, -0.15) is 0 Å². The first-order valence-corrected chi connectivity index (χ1v) is 6.34. The van der Waals surface area contributed by atoms with Crippen LogP contribution in [0.15, 0.2) is 36.8 Å². The van der Waals surface area contributed by atoms with E-state index in [1.807, 2.05) is 16.8 Å². The average molecular weight is 245 g/mol. The van der Waals surface area contributed by atoms with E-state index in [0.29, 0.717) is 11.6 Å². The molecule has 0 bridgehead atoms. The van der Waals surface area contributed by atoms with Gasteiger partial charge in [0.25, 0.3) is 0 Å². The number of hydrogen-bond acceptors (Lipinski definition) is 2. The summed E-state index contributed by atoms with van der Waals surface area (Å²) in [6.07, 6.45) is 5.73. The molecule has 18 heavy (non-hydrogen) atoms. The molecule has 1 aromatic heterocycles. The normalized spacial score (nSPS) is 16.9. The maximum Gasteiger partial charge on any atom is 0.147 e. The SMILES string of the molecule is Fc1ccccc1-n1cncc1C1CCNCC1. The Hall–Kier alpha value is -1.68. The van der Waals surface area contributed by atoms with Crippen molar-refractivity contribution in [1.82, 2.24) is 14.9 Å². The van der Waals surface area contributed by atoms with Crippen molar-refractivity contribution in [3.8, 4) is 5.69 Å². The maximum atomic E-state index is 13.8. The van der Waals surface area contributed by atoms with E-state index in [2.05, 4.69) is 10.3 Å². The van der Waals surface area contributed by atoms with Crippen molar-refractivity contribution >= 4 is 0 Å². The molecule has 94 valence electrons. The van der Waals surface area contributed by atoms with Gasteiger partial charge in [-0.15, -0.1) is 0 Å². The molecule has 2 heterocycles. The van der Waals surface area contributed by atoms with E-state index in [9.17, 15) is 4.39 Å². The lowest BCUT2D eigenvalue weighted by molar-refractivity contribution is 0.448. The molecule has 0 aliphatic carbocycles. The van der Waals surface area contributed by atoms with Gasteiger partial charge in [0.1, 0.15) is 5.82 Å². The molecule has 1 aromatic carbocycles. The molecule has 0 radical (unpaired) electrons. The van der Waals surface area contributed by atoms with Crippen LogP contribution in [0.25, 0.3) is 5.69 Å². The highest BCUT2D eigenvalue weighted by Gasteiger charge is 2.20. The second-order valence-corrected chi connectivity index (χ2v) is 4.66. The van der Waals surface area contributed by atoms with E-state index in [1.54, 1.807) is 18.5 Å². The third-order valence-electron chi connectivity index (χ3n) is 3.54. The van der Waals surface area contributed by atoms with Gasteiger partial charge in [0, 0.05) is 17.8 Å². The zero-order chi connectivity index (χ0) is 12.4. The topological polar surface area (TPSA) is 29.9 Å². The van der Waals surface area contributed by atoms with Crippen molar-refractivity contribution in [2.45, 2.75) is 18.8 Å². The summed E-state index contributed by atoms with van der Waals surface area (Å²) in [6, 6.07) is 6.84. The monoisotopic (exact) mass is 245 g/mol. The minimum absolute atomic E-state index is 0.203.